The lowest BCUT2D eigenvalue weighted by Crippen LogP contribution is -2.13. The number of fused-ring (bicyclic) bond motifs is 1. The summed E-state index contributed by atoms with van der Waals surface area (Å²) in [6.07, 6.45) is 1.38. The smallest absolute Gasteiger partial charge is 0.264 e. The Morgan fingerprint density at radius 3 is 2.81 bits per heavy atom. The molecule has 1 N–H and O–H groups in total. The third-order valence-corrected chi connectivity index (χ3v) is 2.39. The monoisotopic (exact) mass is 221 g/mol. The Kier molecular flexibility index (Phi) is 2.77. The van der Waals surface area contributed by atoms with E-state index >= 15 is 0 Å². The first-order valence-corrected chi connectivity index (χ1v) is 5.49. The van der Waals surface area contributed by atoms with Crippen molar-refractivity contribution < 1.29 is 4.52 Å². The molecule has 0 unspecified atom stereocenters. The fraction of sp³-hybridized carbons (Fsp3) is 0.545. The zero-order valence-corrected chi connectivity index (χ0v) is 9.70. The molecule has 0 aliphatic carbocycles. The maximum atomic E-state index is 11.8. The second-order valence-corrected chi connectivity index (χ2v) is 4.27. The van der Waals surface area contributed by atoms with Gasteiger partial charge in [0.2, 0.25) is 5.65 Å². The van der Waals surface area contributed by atoms with Crippen molar-refractivity contribution in [3.63, 3.8) is 0 Å². The third kappa shape index (κ3) is 1.85. The molecule has 0 aliphatic rings. The van der Waals surface area contributed by atoms with Crippen LogP contribution >= 0.6 is 0 Å². The molecule has 0 saturated heterocycles. The van der Waals surface area contributed by atoms with E-state index in [1.165, 1.54) is 0 Å². The van der Waals surface area contributed by atoms with Crippen LogP contribution in [0.3, 0.4) is 0 Å². The van der Waals surface area contributed by atoms with Crippen LogP contribution in [0.15, 0.2) is 9.32 Å². The maximum absolute atomic E-state index is 11.8. The first-order chi connectivity index (χ1) is 7.61. The predicted octanol–water partition coefficient (Wildman–Crippen LogP) is 1.67. The highest BCUT2D eigenvalue weighted by atomic mass is 16.5. The van der Waals surface area contributed by atoms with Gasteiger partial charge in [-0.3, -0.25) is 4.79 Å². The molecule has 2 aromatic heterocycles. The number of nitrogens with zero attached hydrogens (tertiary/aromatic N) is 2. The van der Waals surface area contributed by atoms with Crippen molar-refractivity contribution >= 4 is 11.0 Å². The van der Waals surface area contributed by atoms with Crippen LogP contribution in [0, 0.1) is 5.92 Å². The van der Waals surface area contributed by atoms with E-state index in [1.807, 2.05) is 6.92 Å². The highest BCUT2D eigenvalue weighted by Gasteiger charge is 2.13. The van der Waals surface area contributed by atoms with Crippen LogP contribution in [0.1, 0.15) is 32.4 Å². The molecular weight excluding hydrogens is 206 g/mol. The molecule has 0 radical (unpaired) electrons. The lowest BCUT2D eigenvalue weighted by molar-refractivity contribution is 0.393. The van der Waals surface area contributed by atoms with E-state index in [4.69, 9.17) is 4.52 Å². The molecule has 5 nitrogen and oxygen atoms in total. The summed E-state index contributed by atoms with van der Waals surface area (Å²) in [5, 5.41) is 4.29. The van der Waals surface area contributed by atoms with Crippen molar-refractivity contribution in [1.82, 2.24) is 15.1 Å². The molecule has 0 fully saturated rings. The first-order valence-electron chi connectivity index (χ1n) is 5.49. The fourth-order valence-corrected chi connectivity index (χ4v) is 1.69. The van der Waals surface area contributed by atoms with Gasteiger partial charge in [0, 0.05) is 12.8 Å². The molecule has 2 aromatic rings. The SMILES string of the molecule is CCc1onc2nc(CC(C)C)[nH]c(=O)c12. The summed E-state index contributed by atoms with van der Waals surface area (Å²) < 4.78 is 5.07. The van der Waals surface area contributed by atoms with E-state index in [1.54, 1.807) is 0 Å². The average molecular weight is 221 g/mol. The molecule has 0 saturated carbocycles. The Morgan fingerprint density at radius 2 is 2.19 bits per heavy atom. The van der Waals surface area contributed by atoms with Crippen LogP contribution in [0.5, 0.6) is 0 Å². The number of rotatable bonds is 3. The quantitative estimate of drug-likeness (QED) is 0.855. The van der Waals surface area contributed by atoms with Gasteiger partial charge in [-0.15, -0.1) is 0 Å². The van der Waals surface area contributed by atoms with Crippen LogP contribution in [-0.2, 0) is 12.8 Å². The van der Waals surface area contributed by atoms with Gasteiger partial charge in [-0.05, 0) is 5.92 Å². The standard InChI is InChI=1S/C11H15N3O2/c1-4-7-9-10(14-16-7)12-8(5-6(2)3)13-11(9)15/h6H,4-5H2,1-3H3,(H,12,13,14,15). The number of aryl methyl sites for hydroxylation is 1. The van der Waals surface area contributed by atoms with E-state index in [0.29, 0.717) is 35.0 Å². The van der Waals surface area contributed by atoms with Crippen molar-refractivity contribution in [1.29, 1.82) is 0 Å². The molecule has 0 atom stereocenters. The number of nitrogens with one attached hydrogen (secondary N) is 1. The normalized spacial score (nSPS) is 11.5. The largest absolute Gasteiger partial charge is 0.358 e. The Hall–Kier alpha value is -1.65. The lowest BCUT2D eigenvalue weighted by atomic mass is 10.1. The Morgan fingerprint density at radius 1 is 1.44 bits per heavy atom. The van der Waals surface area contributed by atoms with Crippen molar-refractivity contribution in [2.45, 2.75) is 33.6 Å². The molecule has 2 rings (SSSR count). The Balaban J connectivity index is 2.56. The highest BCUT2D eigenvalue weighted by Crippen LogP contribution is 2.13. The summed E-state index contributed by atoms with van der Waals surface area (Å²) in [4.78, 5) is 18.9. The van der Waals surface area contributed by atoms with Crippen molar-refractivity contribution in [2.75, 3.05) is 0 Å². The average Bonchev–Trinajstić information content (AvgIpc) is 2.59. The summed E-state index contributed by atoms with van der Waals surface area (Å²) in [6, 6.07) is 0. The molecule has 5 heteroatoms. The molecule has 0 bridgehead atoms. The highest BCUT2D eigenvalue weighted by molar-refractivity contribution is 5.75. The van der Waals surface area contributed by atoms with Gasteiger partial charge < -0.3 is 9.51 Å². The molecule has 2 heterocycles. The predicted molar refractivity (Wildman–Crippen MR) is 60.3 cm³/mol. The number of H-pyrrole nitrogens is 1. The maximum Gasteiger partial charge on any atom is 0.264 e. The van der Waals surface area contributed by atoms with Gasteiger partial charge in [0.15, 0.2) is 5.76 Å². The van der Waals surface area contributed by atoms with Gasteiger partial charge in [-0.25, -0.2) is 4.98 Å². The van der Waals surface area contributed by atoms with Gasteiger partial charge in [-0.1, -0.05) is 25.9 Å². The second-order valence-electron chi connectivity index (χ2n) is 4.27. The molecule has 0 spiro atoms. The summed E-state index contributed by atoms with van der Waals surface area (Å²) in [6.45, 7) is 6.07. The molecule has 16 heavy (non-hydrogen) atoms. The summed E-state index contributed by atoms with van der Waals surface area (Å²) >= 11 is 0. The van der Waals surface area contributed by atoms with Crippen molar-refractivity contribution in [3.05, 3.63) is 21.9 Å². The van der Waals surface area contributed by atoms with Gasteiger partial charge in [0.25, 0.3) is 5.56 Å². The molecular formula is C11H15N3O2. The first kappa shape index (κ1) is 10.9. The van der Waals surface area contributed by atoms with Crippen LogP contribution in [-0.4, -0.2) is 15.1 Å². The number of hydrogen-bond donors (Lipinski definition) is 1. The summed E-state index contributed by atoms with van der Waals surface area (Å²) in [5.74, 6) is 1.71. The molecule has 86 valence electrons. The zero-order chi connectivity index (χ0) is 11.7. The van der Waals surface area contributed by atoms with Crippen molar-refractivity contribution in [2.24, 2.45) is 5.92 Å². The summed E-state index contributed by atoms with van der Waals surface area (Å²) in [7, 11) is 0. The number of aromatic nitrogens is 3. The number of hydrogen-bond acceptors (Lipinski definition) is 4. The van der Waals surface area contributed by atoms with E-state index in [-0.39, 0.29) is 5.56 Å². The van der Waals surface area contributed by atoms with Gasteiger partial charge in [0.05, 0.1) is 0 Å². The zero-order valence-electron chi connectivity index (χ0n) is 9.70. The van der Waals surface area contributed by atoms with E-state index < -0.39 is 0 Å². The van der Waals surface area contributed by atoms with E-state index in [9.17, 15) is 4.79 Å². The minimum Gasteiger partial charge on any atom is -0.358 e. The minimum absolute atomic E-state index is 0.154. The van der Waals surface area contributed by atoms with E-state index in [0.717, 1.165) is 6.42 Å². The molecule has 0 aromatic carbocycles. The van der Waals surface area contributed by atoms with Gasteiger partial charge in [-0.2, -0.15) is 0 Å². The van der Waals surface area contributed by atoms with Gasteiger partial charge in [0.1, 0.15) is 11.2 Å². The minimum atomic E-state index is -0.154. The Bertz CT molecular complexity index is 554. The van der Waals surface area contributed by atoms with Crippen LogP contribution in [0.2, 0.25) is 0 Å². The van der Waals surface area contributed by atoms with Crippen LogP contribution in [0.25, 0.3) is 11.0 Å². The van der Waals surface area contributed by atoms with Gasteiger partial charge >= 0.3 is 0 Å². The number of aromatic amines is 1. The van der Waals surface area contributed by atoms with E-state index in [2.05, 4.69) is 29.0 Å². The molecule has 0 aliphatic heterocycles. The fourth-order valence-electron chi connectivity index (χ4n) is 1.69. The lowest BCUT2D eigenvalue weighted by Gasteiger charge is -2.02. The van der Waals surface area contributed by atoms with Crippen LogP contribution < -0.4 is 5.56 Å². The Labute approximate surface area is 92.9 Å². The third-order valence-electron chi connectivity index (χ3n) is 2.39. The topological polar surface area (TPSA) is 71.8 Å². The second kappa shape index (κ2) is 4.08. The van der Waals surface area contributed by atoms with Crippen LogP contribution in [0.4, 0.5) is 0 Å². The summed E-state index contributed by atoms with van der Waals surface area (Å²) in [5.41, 5.74) is 0.259. The molecule has 0 amide bonds. The van der Waals surface area contributed by atoms with Crippen molar-refractivity contribution in [3.8, 4) is 0 Å².